The van der Waals surface area contributed by atoms with Gasteiger partial charge < -0.3 is 19.3 Å². The van der Waals surface area contributed by atoms with Crippen LogP contribution in [0, 0.1) is 5.82 Å². The second-order valence-electron chi connectivity index (χ2n) is 7.63. The van der Waals surface area contributed by atoms with E-state index in [0.717, 1.165) is 22.3 Å². The highest BCUT2D eigenvalue weighted by atomic mass is 19.1. The van der Waals surface area contributed by atoms with Crippen LogP contribution in [-0.4, -0.2) is 30.1 Å². The maximum atomic E-state index is 13.5. The molecule has 0 amide bonds. The summed E-state index contributed by atoms with van der Waals surface area (Å²) in [5, 5.41) is 9.87. The van der Waals surface area contributed by atoms with Crippen molar-refractivity contribution in [3.8, 4) is 22.6 Å². The van der Waals surface area contributed by atoms with Crippen molar-refractivity contribution >= 4 is 12.0 Å². The molecule has 1 saturated heterocycles. The van der Waals surface area contributed by atoms with Gasteiger partial charge in [-0.3, -0.25) is 4.79 Å². The summed E-state index contributed by atoms with van der Waals surface area (Å²) in [5.74, 6) is 0.726. The fourth-order valence-electron chi connectivity index (χ4n) is 3.77. The first-order valence-corrected chi connectivity index (χ1v) is 9.70. The first-order valence-electron chi connectivity index (χ1n) is 9.70. The third kappa shape index (κ3) is 3.98. The third-order valence-electron chi connectivity index (χ3n) is 5.16. The number of cyclic esters (lactones) is 1. The zero-order valence-corrected chi connectivity index (χ0v) is 16.4. The highest BCUT2D eigenvalue weighted by Gasteiger charge is 2.28. The lowest BCUT2D eigenvalue weighted by Gasteiger charge is -2.24. The van der Waals surface area contributed by atoms with Gasteiger partial charge in [-0.15, -0.1) is 0 Å². The molecule has 0 aromatic heterocycles. The van der Waals surface area contributed by atoms with Crippen LogP contribution in [0.2, 0.25) is 0 Å². The number of benzene rings is 2. The zero-order chi connectivity index (χ0) is 20.5. The molecular formula is C23H23FO5. The van der Waals surface area contributed by atoms with Crippen LogP contribution >= 0.6 is 0 Å². The number of carbonyl (C=O) groups excluding carboxylic acids is 1. The Balaban J connectivity index is 1.83. The molecule has 2 aromatic carbocycles. The lowest BCUT2D eigenvalue weighted by Crippen LogP contribution is -2.31. The van der Waals surface area contributed by atoms with Crippen molar-refractivity contribution in [2.45, 2.75) is 44.8 Å². The molecule has 1 N–H and O–H groups in total. The largest absolute Gasteiger partial charge is 0.458 e. The minimum Gasteiger partial charge on any atom is -0.458 e. The van der Waals surface area contributed by atoms with Crippen LogP contribution < -0.4 is 9.47 Å². The molecule has 4 rings (SSSR count). The van der Waals surface area contributed by atoms with Gasteiger partial charge in [-0.2, -0.15) is 0 Å². The van der Waals surface area contributed by atoms with E-state index < -0.39 is 18.2 Å². The number of hydrogen-bond donors (Lipinski definition) is 1. The van der Waals surface area contributed by atoms with E-state index in [1.165, 1.54) is 12.1 Å². The van der Waals surface area contributed by atoms with Crippen LogP contribution in [0.15, 0.2) is 36.4 Å². The van der Waals surface area contributed by atoms with Crippen LogP contribution in [0.1, 0.15) is 43.7 Å². The van der Waals surface area contributed by atoms with E-state index in [1.54, 1.807) is 18.2 Å². The first-order chi connectivity index (χ1) is 13.9. The highest BCUT2D eigenvalue weighted by Crippen LogP contribution is 2.47. The molecule has 0 unspecified atom stereocenters. The van der Waals surface area contributed by atoms with Gasteiger partial charge >= 0.3 is 5.97 Å². The van der Waals surface area contributed by atoms with Crippen molar-refractivity contribution in [2.75, 3.05) is 6.79 Å². The summed E-state index contributed by atoms with van der Waals surface area (Å²) in [6.07, 6.45) is 2.85. The van der Waals surface area contributed by atoms with Crippen molar-refractivity contribution < 1.29 is 28.5 Å². The van der Waals surface area contributed by atoms with Crippen molar-refractivity contribution in [3.63, 3.8) is 0 Å². The predicted molar refractivity (Wildman–Crippen MR) is 106 cm³/mol. The standard InChI is InChI=1S/C23H23FO5/c1-13(2)19-11-20-23(28-12-27-20)22(14-3-5-15(24)6-4-14)18(19)8-7-17-9-16(25)10-21(26)29-17/h3-8,11,13,16-17,25H,9-10,12H2,1-2H3/t16-,17-/m1/s1. The Hall–Kier alpha value is -2.86. The summed E-state index contributed by atoms with van der Waals surface area (Å²) >= 11 is 0. The number of hydrogen-bond acceptors (Lipinski definition) is 5. The molecule has 0 spiro atoms. The van der Waals surface area contributed by atoms with Gasteiger partial charge in [-0.05, 0) is 46.9 Å². The molecule has 0 bridgehead atoms. The Morgan fingerprint density at radius 3 is 2.66 bits per heavy atom. The molecule has 2 heterocycles. The summed E-state index contributed by atoms with van der Waals surface area (Å²) in [4.78, 5) is 11.7. The van der Waals surface area contributed by atoms with Gasteiger partial charge in [0.05, 0.1) is 12.5 Å². The summed E-state index contributed by atoms with van der Waals surface area (Å²) in [6.45, 7) is 4.28. The Morgan fingerprint density at radius 2 is 1.97 bits per heavy atom. The molecule has 2 aliphatic heterocycles. The van der Waals surface area contributed by atoms with Crippen molar-refractivity contribution in [1.29, 1.82) is 0 Å². The lowest BCUT2D eigenvalue weighted by atomic mass is 9.88. The molecule has 0 aliphatic carbocycles. The van der Waals surface area contributed by atoms with Crippen LogP contribution in [0.5, 0.6) is 11.5 Å². The quantitative estimate of drug-likeness (QED) is 0.772. The number of carbonyl (C=O) groups is 1. The molecular weight excluding hydrogens is 375 g/mol. The highest BCUT2D eigenvalue weighted by molar-refractivity contribution is 5.85. The van der Waals surface area contributed by atoms with E-state index in [9.17, 15) is 14.3 Å². The van der Waals surface area contributed by atoms with Crippen LogP contribution in [0.3, 0.4) is 0 Å². The maximum absolute atomic E-state index is 13.5. The Labute approximate surface area is 168 Å². The van der Waals surface area contributed by atoms with Gasteiger partial charge in [0.2, 0.25) is 6.79 Å². The molecule has 6 heteroatoms. The van der Waals surface area contributed by atoms with Crippen LogP contribution in [0.4, 0.5) is 4.39 Å². The van der Waals surface area contributed by atoms with Gasteiger partial charge in [0, 0.05) is 12.0 Å². The summed E-state index contributed by atoms with van der Waals surface area (Å²) in [6, 6.07) is 8.19. The van der Waals surface area contributed by atoms with Gasteiger partial charge in [0.15, 0.2) is 11.5 Å². The lowest BCUT2D eigenvalue weighted by molar-refractivity contribution is -0.156. The van der Waals surface area contributed by atoms with Gasteiger partial charge in [0.1, 0.15) is 11.9 Å². The topological polar surface area (TPSA) is 65.0 Å². The number of aliphatic hydroxyl groups is 1. The molecule has 2 atom stereocenters. The minimum absolute atomic E-state index is 0.0203. The summed E-state index contributed by atoms with van der Waals surface area (Å²) in [5.41, 5.74) is 3.54. The van der Waals surface area contributed by atoms with E-state index in [4.69, 9.17) is 14.2 Å². The Bertz CT molecular complexity index is 949. The van der Waals surface area contributed by atoms with E-state index in [-0.39, 0.29) is 24.9 Å². The monoisotopic (exact) mass is 398 g/mol. The second kappa shape index (κ2) is 7.87. The van der Waals surface area contributed by atoms with E-state index in [0.29, 0.717) is 17.9 Å². The minimum atomic E-state index is -0.705. The number of ether oxygens (including phenoxy) is 3. The van der Waals surface area contributed by atoms with Crippen molar-refractivity contribution in [2.24, 2.45) is 0 Å². The number of aliphatic hydroxyl groups excluding tert-OH is 1. The summed E-state index contributed by atoms with van der Waals surface area (Å²) < 4.78 is 30.2. The molecule has 152 valence electrons. The van der Waals surface area contributed by atoms with E-state index in [1.807, 2.05) is 12.1 Å². The fourth-order valence-corrected chi connectivity index (χ4v) is 3.77. The average Bonchev–Trinajstić information content (AvgIpc) is 3.13. The zero-order valence-electron chi connectivity index (χ0n) is 16.4. The SMILES string of the molecule is CC(C)c1cc2c(c(-c3ccc(F)cc3)c1C=C[C@@H]1C[C@@H](O)CC(=O)O1)OCO2. The molecule has 0 saturated carbocycles. The van der Waals surface area contributed by atoms with Gasteiger partial charge in [0.25, 0.3) is 0 Å². The van der Waals surface area contributed by atoms with Gasteiger partial charge in [-0.25, -0.2) is 4.39 Å². The normalized spacial score (nSPS) is 21.1. The Morgan fingerprint density at radius 1 is 1.21 bits per heavy atom. The summed E-state index contributed by atoms with van der Waals surface area (Å²) in [7, 11) is 0. The average molecular weight is 398 g/mol. The maximum Gasteiger partial charge on any atom is 0.309 e. The van der Waals surface area contributed by atoms with Gasteiger partial charge in [-0.1, -0.05) is 32.1 Å². The van der Waals surface area contributed by atoms with E-state index >= 15 is 0 Å². The smallest absolute Gasteiger partial charge is 0.309 e. The fraction of sp³-hybridized carbons (Fsp3) is 0.348. The molecule has 2 aromatic rings. The molecule has 0 radical (unpaired) electrons. The van der Waals surface area contributed by atoms with Crippen LogP contribution in [0.25, 0.3) is 17.2 Å². The number of esters is 1. The van der Waals surface area contributed by atoms with Crippen molar-refractivity contribution in [3.05, 3.63) is 53.4 Å². The molecule has 5 nitrogen and oxygen atoms in total. The second-order valence-corrected chi connectivity index (χ2v) is 7.63. The number of rotatable bonds is 4. The molecule has 2 aliphatic rings. The van der Waals surface area contributed by atoms with E-state index in [2.05, 4.69) is 13.8 Å². The number of fused-ring (bicyclic) bond motifs is 1. The predicted octanol–water partition coefficient (Wildman–Crippen LogP) is 4.42. The molecule has 1 fully saturated rings. The van der Waals surface area contributed by atoms with Crippen LogP contribution in [-0.2, 0) is 9.53 Å². The van der Waals surface area contributed by atoms with Crippen molar-refractivity contribution in [1.82, 2.24) is 0 Å². The molecule has 29 heavy (non-hydrogen) atoms. The third-order valence-corrected chi connectivity index (χ3v) is 5.16. The first kappa shape index (κ1) is 19.5. The number of halogens is 1. The Kier molecular flexibility index (Phi) is 5.28.